The minimum Gasteiger partial charge on any atom is -0.493 e. The van der Waals surface area contributed by atoms with Crippen molar-refractivity contribution in [2.75, 3.05) is 324 Å². The molecule has 0 saturated carbocycles. The highest BCUT2D eigenvalue weighted by Gasteiger charge is 2.23. The van der Waals surface area contributed by atoms with Gasteiger partial charge in [-0.1, -0.05) is 5.11 Å². The van der Waals surface area contributed by atoms with Crippen LogP contribution in [0.3, 0.4) is 0 Å². The zero-order valence-corrected chi connectivity index (χ0v) is 56.7. The Balaban J connectivity index is 1.64. The fourth-order valence-electron chi connectivity index (χ4n) is 7.37. The number of hydrogen-bond donors (Lipinski definition) is 1. The lowest BCUT2D eigenvalue weighted by molar-refractivity contribution is -0.386. The van der Waals surface area contributed by atoms with Crippen LogP contribution in [0.15, 0.2) is 17.2 Å². The van der Waals surface area contributed by atoms with E-state index in [2.05, 4.69) is 10.0 Å². The highest BCUT2D eigenvalue weighted by atomic mass is 16.6. The third-order valence-electron chi connectivity index (χ3n) is 12.1. The fourth-order valence-corrected chi connectivity index (χ4v) is 7.37. The Hall–Kier alpha value is -3.76. The van der Waals surface area contributed by atoms with E-state index < -0.39 is 11.0 Å². The molecule has 1 atom stereocenters. The number of Topliss-reactive ketones (excluding diaryl/α,β-unsaturated/α-hetero) is 1. The molecule has 1 N–H and O–H groups in total. The standard InChI is InChI=1S/C62H114N4O29/c1-57(67)59-55-61(71-2)62(56-60(59)66(69)70)95-9-4-6-58(68)5-3-8-72-11-13-74-15-17-76-19-21-78-23-25-80-27-29-82-31-33-84-35-37-86-39-41-88-43-45-90-47-49-92-51-53-94-54-52-93-50-48-91-46-44-89-42-40-87-38-36-85-34-32-83-30-28-81-26-24-79-22-20-77-18-16-75-14-12-73-10-7-64-65-63/h55-57,67H,3-54H2,1-2H3. The molecule has 0 radical (unpaired) electrons. The van der Waals surface area contributed by atoms with Crippen molar-refractivity contribution < 1.29 is 133 Å². The minimum atomic E-state index is -1.05. The van der Waals surface area contributed by atoms with Gasteiger partial charge in [0.2, 0.25) is 0 Å². The van der Waals surface area contributed by atoms with Crippen molar-refractivity contribution in [2.24, 2.45) is 5.11 Å². The van der Waals surface area contributed by atoms with Crippen LogP contribution in [0.1, 0.15) is 44.3 Å². The summed E-state index contributed by atoms with van der Waals surface area (Å²) in [6.07, 6.45) is 0.656. The van der Waals surface area contributed by atoms with Crippen LogP contribution >= 0.6 is 0 Å². The van der Waals surface area contributed by atoms with Crippen molar-refractivity contribution in [3.63, 3.8) is 0 Å². The van der Waals surface area contributed by atoms with E-state index in [9.17, 15) is 20.0 Å². The van der Waals surface area contributed by atoms with Gasteiger partial charge in [-0.2, -0.15) is 0 Å². The normalized spacial score (nSPS) is 11.8. The summed E-state index contributed by atoms with van der Waals surface area (Å²) in [5, 5.41) is 24.7. The zero-order chi connectivity index (χ0) is 68.3. The van der Waals surface area contributed by atoms with E-state index >= 15 is 0 Å². The molecule has 0 aliphatic rings. The molecule has 0 spiro atoms. The van der Waals surface area contributed by atoms with Gasteiger partial charge in [-0.3, -0.25) is 14.9 Å². The summed E-state index contributed by atoms with van der Waals surface area (Å²) < 4.78 is 137. The number of azide groups is 1. The number of ether oxygens (including phenoxy) is 25. The summed E-state index contributed by atoms with van der Waals surface area (Å²) in [6, 6.07) is 2.62. The van der Waals surface area contributed by atoms with E-state index in [1.807, 2.05) is 0 Å². The number of nitro groups is 1. The second-order valence-corrected chi connectivity index (χ2v) is 19.6. The first-order chi connectivity index (χ1) is 46.9. The van der Waals surface area contributed by atoms with Crippen LogP contribution in [-0.4, -0.2) is 340 Å². The molecule has 1 aromatic rings. The Morgan fingerprint density at radius 1 is 0.389 bits per heavy atom. The van der Waals surface area contributed by atoms with Gasteiger partial charge in [0.05, 0.1) is 334 Å². The molecule has 33 nitrogen and oxygen atoms in total. The van der Waals surface area contributed by atoms with E-state index in [4.69, 9.17) is 124 Å². The maximum atomic E-state index is 12.3. The van der Waals surface area contributed by atoms with Gasteiger partial charge in [-0.25, -0.2) is 0 Å². The summed E-state index contributed by atoms with van der Waals surface area (Å²) in [4.78, 5) is 25.7. The van der Waals surface area contributed by atoms with Crippen molar-refractivity contribution in [2.45, 2.75) is 38.7 Å². The van der Waals surface area contributed by atoms with Crippen molar-refractivity contribution >= 4 is 11.5 Å². The smallest absolute Gasteiger partial charge is 0.279 e. The molecule has 1 rings (SSSR count). The molecule has 0 bridgehead atoms. The van der Waals surface area contributed by atoms with Gasteiger partial charge >= 0.3 is 0 Å². The topological polar surface area (TPSA) is 360 Å². The maximum Gasteiger partial charge on any atom is 0.279 e. The van der Waals surface area contributed by atoms with Gasteiger partial charge in [0.25, 0.3) is 5.69 Å². The van der Waals surface area contributed by atoms with E-state index in [1.54, 1.807) is 0 Å². The predicted molar refractivity (Wildman–Crippen MR) is 342 cm³/mol. The van der Waals surface area contributed by atoms with Crippen molar-refractivity contribution in [3.05, 3.63) is 38.3 Å². The Kier molecular flexibility index (Phi) is 70.0. The Morgan fingerprint density at radius 3 is 0.821 bits per heavy atom. The van der Waals surface area contributed by atoms with Crippen LogP contribution in [0.25, 0.3) is 10.4 Å². The molecule has 95 heavy (non-hydrogen) atoms. The van der Waals surface area contributed by atoms with Gasteiger partial charge in [0, 0.05) is 30.9 Å². The van der Waals surface area contributed by atoms with Crippen LogP contribution in [0.4, 0.5) is 5.69 Å². The van der Waals surface area contributed by atoms with E-state index in [-0.39, 0.29) is 35.1 Å². The molecule has 556 valence electrons. The first kappa shape index (κ1) is 89.3. The monoisotopic (exact) mass is 1380 g/mol. The van der Waals surface area contributed by atoms with Crippen molar-refractivity contribution in [1.82, 2.24) is 0 Å². The van der Waals surface area contributed by atoms with Gasteiger partial charge in [0.15, 0.2) is 11.5 Å². The molecular weight excluding hydrogens is 1260 g/mol. The molecule has 0 aliphatic carbocycles. The van der Waals surface area contributed by atoms with Crippen LogP contribution < -0.4 is 9.47 Å². The van der Waals surface area contributed by atoms with Gasteiger partial charge < -0.3 is 124 Å². The lowest BCUT2D eigenvalue weighted by Gasteiger charge is -2.14. The molecule has 0 amide bonds. The molecular formula is C62H114N4O29. The highest BCUT2D eigenvalue weighted by Crippen LogP contribution is 2.37. The van der Waals surface area contributed by atoms with E-state index in [1.165, 1.54) is 26.2 Å². The van der Waals surface area contributed by atoms with Gasteiger partial charge in [0.1, 0.15) is 5.78 Å². The summed E-state index contributed by atoms with van der Waals surface area (Å²) in [5.41, 5.74) is 8.04. The quantitative estimate of drug-likeness (QED) is 0.0242. The lowest BCUT2D eigenvalue weighted by Crippen LogP contribution is -2.16. The van der Waals surface area contributed by atoms with Crippen LogP contribution in [0.5, 0.6) is 11.5 Å². The SMILES string of the molecule is COc1cc(C(C)O)c([N+](=O)[O-])cc1OCCCC(=O)CCCOCCOCCOCCOCCOCCOCCOCCOCCOCCOCCOCCOCCOCCOCCOCCOCCOCCOCCOCCOCCOCCOCCOCCN=[N+]=[N-]. The third-order valence-corrected chi connectivity index (χ3v) is 12.1. The highest BCUT2D eigenvalue weighted by molar-refractivity contribution is 5.78. The summed E-state index contributed by atoms with van der Waals surface area (Å²) in [7, 11) is 1.41. The minimum absolute atomic E-state index is 0.0721. The first-order valence-corrected chi connectivity index (χ1v) is 32.9. The molecule has 0 saturated heterocycles. The third kappa shape index (κ3) is 64.7. The Bertz CT molecular complexity index is 1850. The number of methoxy groups -OCH3 is 1. The number of benzene rings is 1. The van der Waals surface area contributed by atoms with Crippen LogP contribution in [-0.2, 0) is 114 Å². The molecule has 0 aromatic heterocycles. The predicted octanol–water partition coefficient (Wildman–Crippen LogP) is 3.86. The summed E-state index contributed by atoms with van der Waals surface area (Å²) in [6.45, 7) is 23.2. The number of rotatable bonds is 81. The molecule has 1 unspecified atom stereocenters. The number of hydrogen-bond acceptors (Lipinski definition) is 30. The average molecular weight is 1380 g/mol. The van der Waals surface area contributed by atoms with E-state index in [0.29, 0.717) is 336 Å². The summed E-state index contributed by atoms with van der Waals surface area (Å²) >= 11 is 0. The number of nitro benzene ring substituents is 1. The summed E-state index contributed by atoms with van der Waals surface area (Å²) in [5.74, 6) is 0.520. The number of carbonyl (C=O) groups is 1. The molecule has 0 fully saturated rings. The van der Waals surface area contributed by atoms with Gasteiger partial charge in [-0.05, 0) is 31.4 Å². The number of nitrogens with zero attached hydrogens (tertiary/aromatic N) is 4. The molecule has 0 aliphatic heterocycles. The Labute approximate surface area is 560 Å². The number of aliphatic hydroxyl groups excluding tert-OH is 1. The van der Waals surface area contributed by atoms with Crippen LogP contribution in [0.2, 0.25) is 0 Å². The molecule has 33 heteroatoms. The number of ketones is 1. The fraction of sp³-hybridized carbons (Fsp3) is 0.887. The van der Waals surface area contributed by atoms with Crippen molar-refractivity contribution in [3.8, 4) is 11.5 Å². The number of carbonyl (C=O) groups excluding carboxylic acids is 1. The number of aliphatic hydroxyl groups is 1. The largest absolute Gasteiger partial charge is 0.493 e. The Morgan fingerprint density at radius 2 is 0.611 bits per heavy atom. The first-order valence-electron chi connectivity index (χ1n) is 32.9. The van der Waals surface area contributed by atoms with Crippen LogP contribution in [0, 0.1) is 10.1 Å². The van der Waals surface area contributed by atoms with Gasteiger partial charge in [-0.15, -0.1) is 0 Å². The lowest BCUT2D eigenvalue weighted by atomic mass is 10.1. The molecule has 0 heterocycles. The zero-order valence-electron chi connectivity index (χ0n) is 56.7. The second kappa shape index (κ2) is 74.5. The molecule has 1 aromatic carbocycles. The maximum absolute atomic E-state index is 12.3. The van der Waals surface area contributed by atoms with E-state index in [0.717, 1.165) is 0 Å². The second-order valence-electron chi connectivity index (χ2n) is 19.6. The average Bonchev–Trinajstić information content (AvgIpc) is 0.829. The van der Waals surface area contributed by atoms with Crippen molar-refractivity contribution in [1.29, 1.82) is 0 Å².